The lowest BCUT2D eigenvalue weighted by Gasteiger charge is -2.10. The van der Waals surface area contributed by atoms with Crippen LogP contribution in [0.15, 0.2) is 54.6 Å². The fourth-order valence-corrected chi connectivity index (χ4v) is 4.41. The molecule has 0 saturated heterocycles. The van der Waals surface area contributed by atoms with E-state index in [1.165, 1.54) is 12.1 Å². The summed E-state index contributed by atoms with van der Waals surface area (Å²) in [5, 5.41) is 23.2. The van der Waals surface area contributed by atoms with Crippen molar-refractivity contribution in [2.24, 2.45) is 0 Å². The van der Waals surface area contributed by atoms with E-state index in [0.29, 0.717) is 22.5 Å². The van der Waals surface area contributed by atoms with Crippen molar-refractivity contribution in [2.75, 3.05) is 6.16 Å². The van der Waals surface area contributed by atoms with Gasteiger partial charge >= 0.3 is 5.97 Å². The molecule has 0 aliphatic rings. The molecule has 1 unspecified atom stereocenters. The zero-order valence-electron chi connectivity index (χ0n) is 18.1. The predicted molar refractivity (Wildman–Crippen MR) is 123 cm³/mol. The number of carboxylic acid groups (broad SMARTS) is 1. The minimum Gasteiger partial charge on any atom is -0.481 e. The Bertz CT molecular complexity index is 1240. The number of nitrogens with zero attached hydrogens (tertiary/aromatic N) is 2. The monoisotopic (exact) mass is 470 g/mol. The molecule has 1 aromatic heterocycles. The Hall–Kier alpha value is -3.24. The van der Waals surface area contributed by atoms with Gasteiger partial charge in [-0.1, -0.05) is 38.0 Å². The molecule has 0 radical (unpaired) electrons. The Morgan fingerprint density at radius 1 is 1.15 bits per heavy atom. The number of rotatable bonds is 7. The van der Waals surface area contributed by atoms with E-state index in [1.54, 1.807) is 16.8 Å². The molecule has 0 bridgehead atoms. The molecule has 2 aromatic carbocycles. The molecule has 1 heterocycles. The highest BCUT2D eigenvalue weighted by Crippen LogP contribution is 2.41. The first-order valence-electron chi connectivity index (χ1n) is 10.3. The lowest BCUT2D eigenvalue weighted by Crippen LogP contribution is -2.17. The molecule has 33 heavy (non-hydrogen) atoms. The van der Waals surface area contributed by atoms with Crippen LogP contribution in [0, 0.1) is 17.4 Å². The average Bonchev–Trinajstić information content (AvgIpc) is 3.12. The highest BCUT2D eigenvalue weighted by molar-refractivity contribution is 7.63. The molecule has 172 valence electrons. The number of benzene rings is 2. The summed E-state index contributed by atoms with van der Waals surface area (Å²) in [7, 11) is -4.17. The third kappa shape index (κ3) is 6.17. The number of aromatic nitrogens is 2. The van der Waals surface area contributed by atoms with Crippen molar-refractivity contribution in [1.29, 1.82) is 0 Å². The van der Waals surface area contributed by atoms with Crippen LogP contribution in [0.3, 0.4) is 0 Å². The van der Waals surface area contributed by atoms with Crippen molar-refractivity contribution >= 4 is 13.3 Å². The van der Waals surface area contributed by atoms with Gasteiger partial charge in [-0.15, -0.1) is 0 Å². The summed E-state index contributed by atoms with van der Waals surface area (Å²) >= 11 is 0. The fourth-order valence-electron chi connectivity index (χ4n) is 3.33. The second-order valence-electron chi connectivity index (χ2n) is 7.89. The summed E-state index contributed by atoms with van der Waals surface area (Å²) in [6.45, 7) is 3.82. The zero-order chi connectivity index (χ0) is 24.2. The second kappa shape index (κ2) is 10.1. The number of para-hydroxylation sites is 1. The highest BCUT2D eigenvalue weighted by Gasteiger charge is 2.25. The average molecular weight is 470 g/mol. The highest BCUT2D eigenvalue weighted by atomic mass is 31.2. The molecule has 2 atom stereocenters. The van der Waals surface area contributed by atoms with Crippen molar-refractivity contribution < 1.29 is 28.9 Å². The van der Waals surface area contributed by atoms with Crippen LogP contribution >= 0.6 is 7.37 Å². The maximum Gasteiger partial charge on any atom is 0.305 e. The van der Waals surface area contributed by atoms with Gasteiger partial charge in [-0.05, 0) is 48.0 Å². The molecular formula is C24H24FN2O5P. The third-order valence-corrected chi connectivity index (χ3v) is 6.18. The number of carboxylic acids is 1. The first-order chi connectivity index (χ1) is 15.6. The van der Waals surface area contributed by atoms with Crippen molar-refractivity contribution in [3.05, 3.63) is 71.7 Å². The summed E-state index contributed by atoms with van der Waals surface area (Å²) in [4.78, 5) is 21.0. The fraction of sp³-hybridized carbons (Fsp3) is 0.250. The summed E-state index contributed by atoms with van der Waals surface area (Å²) in [6.07, 6.45) is -2.82. The van der Waals surface area contributed by atoms with Crippen LogP contribution in [0.25, 0.3) is 16.9 Å². The van der Waals surface area contributed by atoms with Crippen LogP contribution in [-0.4, -0.2) is 43.1 Å². The summed E-state index contributed by atoms with van der Waals surface area (Å²) in [5.74, 6) is 0.992. The number of halogens is 1. The maximum atomic E-state index is 13.6. The van der Waals surface area contributed by atoms with Crippen LogP contribution < -0.4 is 0 Å². The van der Waals surface area contributed by atoms with E-state index in [2.05, 4.69) is 11.6 Å². The minimum absolute atomic E-state index is 0.0888. The van der Waals surface area contributed by atoms with Crippen LogP contribution in [-0.2, 0) is 9.36 Å². The molecule has 3 N–H and O–H groups in total. The summed E-state index contributed by atoms with van der Waals surface area (Å²) < 4.78 is 27.8. The first-order valence-corrected chi connectivity index (χ1v) is 12.1. The van der Waals surface area contributed by atoms with Crippen molar-refractivity contribution in [1.82, 2.24) is 9.78 Å². The number of carbonyl (C=O) groups is 1. The molecule has 0 fully saturated rings. The second-order valence-corrected chi connectivity index (χ2v) is 9.88. The lowest BCUT2D eigenvalue weighted by atomic mass is 10.0. The van der Waals surface area contributed by atoms with Gasteiger partial charge < -0.3 is 15.1 Å². The molecule has 3 aromatic rings. The van der Waals surface area contributed by atoms with Crippen molar-refractivity contribution in [3.63, 3.8) is 0 Å². The Balaban J connectivity index is 2.17. The Morgan fingerprint density at radius 3 is 2.36 bits per heavy atom. The topological polar surface area (TPSA) is 113 Å². The smallest absolute Gasteiger partial charge is 0.305 e. The van der Waals surface area contributed by atoms with Gasteiger partial charge in [-0.3, -0.25) is 9.36 Å². The summed E-state index contributed by atoms with van der Waals surface area (Å²) in [6, 6.07) is 15.0. The standard InChI is InChI=1S/C24H24FN2O5P/c1-16(2)23-21(12-13-33(31,32)15-20(28)14-22(29)30)24(17-8-10-18(25)11-9-17)27(26-23)19-6-4-3-5-7-19/h3-11,16,20,28H,14-15H2,1-2H3,(H,29,30)(H,31,32)/t20-/m0/s1. The summed E-state index contributed by atoms with van der Waals surface area (Å²) in [5.41, 5.74) is 5.20. The van der Waals surface area contributed by atoms with Crippen molar-refractivity contribution in [3.8, 4) is 28.5 Å². The molecule has 9 heteroatoms. The quantitative estimate of drug-likeness (QED) is 0.352. The molecule has 0 saturated carbocycles. The van der Waals surface area contributed by atoms with Gasteiger partial charge in [-0.2, -0.15) is 5.10 Å². The van der Waals surface area contributed by atoms with Gasteiger partial charge in [0.05, 0.1) is 41.3 Å². The molecular weight excluding hydrogens is 446 g/mol. The van der Waals surface area contributed by atoms with Crippen LogP contribution in [0.2, 0.25) is 0 Å². The Labute approximate surface area is 191 Å². The number of hydrogen-bond acceptors (Lipinski definition) is 4. The minimum atomic E-state index is -4.17. The van der Waals surface area contributed by atoms with E-state index in [-0.39, 0.29) is 5.92 Å². The number of hydrogen-bond donors (Lipinski definition) is 3. The molecule has 3 rings (SSSR count). The Kier molecular flexibility index (Phi) is 7.50. The number of aliphatic hydroxyl groups excluding tert-OH is 1. The molecule has 0 spiro atoms. The van der Waals surface area contributed by atoms with Crippen LogP contribution in [0.1, 0.15) is 37.4 Å². The lowest BCUT2D eigenvalue weighted by molar-refractivity contribution is -0.138. The van der Waals surface area contributed by atoms with Gasteiger partial charge in [0, 0.05) is 5.56 Å². The van der Waals surface area contributed by atoms with Gasteiger partial charge in [-0.25, -0.2) is 9.07 Å². The van der Waals surface area contributed by atoms with Gasteiger partial charge in [0.15, 0.2) is 0 Å². The number of aliphatic carboxylic acids is 1. The Morgan fingerprint density at radius 2 is 1.79 bits per heavy atom. The van der Waals surface area contributed by atoms with Gasteiger partial charge in [0.1, 0.15) is 5.82 Å². The number of aliphatic hydroxyl groups is 1. The van der Waals surface area contributed by atoms with E-state index < -0.39 is 37.8 Å². The van der Waals surface area contributed by atoms with E-state index >= 15 is 0 Å². The predicted octanol–water partition coefficient (Wildman–Crippen LogP) is 4.22. The molecule has 0 aliphatic carbocycles. The van der Waals surface area contributed by atoms with Crippen molar-refractivity contribution in [2.45, 2.75) is 32.3 Å². The van der Waals surface area contributed by atoms with E-state index in [4.69, 9.17) is 10.2 Å². The van der Waals surface area contributed by atoms with E-state index in [0.717, 1.165) is 5.69 Å². The van der Waals surface area contributed by atoms with Crippen LogP contribution in [0.5, 0.6) is 0 Å². The molecule has 7 nitrogen and oxygen atoms in total. The first kappa shape index (κ1) is 24.4. The molecule has 0 aliphatic heterocycles. The third-order valence-electron chi connectivity index (χ3n) is 4.80. The largest absolute Gasteiger partial charge is 0.481 e. The maximum absolute atomic E-state index is 13.6. The SMILES string of the molecule is CC(C)c1nn(-c2ccccc2)c(-c2ccc(F)cc2)c1C#CP(=O)(O)C[C@@H](O)CC(=O)O. The van der Waals surface area contributed by atoms with Crippen LogP contribution in [0.4, 0.5) is 4.39 Å². The van der Waals surface area contributed by atoms with Gasteiger partial charge in [0.2, 0.25) is 0 Å². The van der Waals surface area contributed by atoms with Gasteiger partial charge in [0.25, 0.3) is 7.37 Å². The normalized spacial score (nSPS) is 13.8. The molecule has 0 amide bonds. The zero-order valence-corrected chi connectivity index (χ0v) is 19.0. The van der Waals surface area contributed by atoms with E-state index in [9.17, 15) is 23.7 Å². The van der Waals surface area contributed by atoms with E-state index in [1.807, 2.05) is 44.2 Å².